The van der Waals surface area contributed by atoms with E-state index < -0.39 is 5.95 Å². The van der Waals surface area contributed by atoms with E-state index in [0.717, 1.165) is 22.8 Å². The summed E-state index contributed by atoms with van der Waals surface area (Å²) in [5.74, 6) is -0.199. The van der Waals surface area contributed by atoms with E-state index >= 15 is 4.39 Å². The lowest BCUT2D eigenvalue weighted by molar-refractivity contribution is 0.246. The van der Waals surface area contributed by atoms with Gasteiger partial charge in [0.25, 0.3) is 0 Å². The van der Waals surface area contributed by atoms with Gasteiger partial charge < -0.3 is 10.2 Å². The molecule has 1 aliphatic heterocycles. The van der Waals surface area contributed by atoms with Crippen molar-refractivity contribution >= 4 is 33.3 Å². The van der Waals surface area contributed by atoms with Gasteiger partial charge in [-0.25, -0.2) is 14.4 Å². The average molecular weight is 449 g/mol. The highest BCUT2D eigenvalue weighted by atomic mass is 19.1. The molecule has 0 atom stereocenters. The Labute approximate surface area is 191 Å². The molecule has 6 nitrogen and oxygen atoms in total. The number of halogens is 2. The molecule has 33 heavy (non-hydrogen) atoms. The summed E-state index contributed by atoms with van der Waals surface area (Å²) in [6.07, 6.45) is 4.30. The Bertz CT molecular complexity index is 1320. The van der Waals surface area contributed by atoms with Gasteiger partial charge in [0.2, 0.25) is 5.95 Å². The second-order valence-electron chi connectivity index (χ2n) is 8.35. The van der Waals surface area contributed by atoms with Crippen LogP contribution in [0, 0.1) is 11.8 Å². The number of anilines is 2. The molecule has 8 heteroatoms. The Morgan fingerprint density at radius 3 is 2.52 bits per heavy atom. The van der Waals surface area contributed by atoms with E-state index in [1.54, 1.807) is 19.4 Å². The van der Waals surface area contributed by atoms with Gasteiger partial charge in [0, 0.05) is 68.5 Å². The summed E-state index contributed by atoms with van der Waals surface area (Å²) < 4.78 is 29.9. The van der Waals surface area contributed by atoms with E-state index in [0.29, 0.717) is 60.8 Å². The Kier molecular flexibility index (Phi) is 5.76. The molecular formula is C25H26F2N6. The Morgan fingerprint density at radius 1 is 0.970 bits per heavy atom. The molecule has 4 heterocycles. The van der Waals surface area contributed by atoms with E-state index in [-0.39, 0.29) is 5.82 Å². The van der Waals surface area contributed by atoms with Crippen LogP contribution >= 0.6 is 0 Å². The quantitative estimate of drug-likeness (QED) is 0.457. The molecule has 1 aliphatic rings. The third-order valence-corrected chi connectivity index (χ3v) is 6.35. The Hall–Kier alpha value is -3.39. The van der Waals surface area contributed by atoms with Crippen LogP contribution in [-0.2, 0) is 13.0 Å². The molecule has 1 fully saturated rings. The maximum absolute atomic E-state index is 15.1. The minimum absolute atomic E-state index is 0.253. The first kappa shape index (κ1) is 21.5. The highest BCUT2D eigenvalue weighted by Crippen LogP contribution is 2.28. The lowest BCUT2D eigenvalue weighted by Crippen LogP contribution is -2.46. The Morgan fingerprint density at radius 2 is 1.76 bits per heavy atom. The molecule has 0 unspecified atom stereocenters. The van der Waals surface area contributed by atoms with Crippen molar-refractivity contribution in [3.8, 4) is 0 Å². The second-order valence-corrected chi connectivity index (χ2v) is 8.35. The van der Waals surface area contributed by atoms with Crippen LogP contribution in [0.1, 0.15) is 18.1 Å². The van der Waals surface area contributed by atoms with Crippen molar-refractivity contribution in [2.75, 3.05) is 43.4 Å². The minimum Gasteiger partial charge on any atom is -0.371 e. The molecule has 1 aromatic carbocycles. The van der Waals surface area contributed by atoms with Crippen LogP contribution in [-0.4, -0.2) is 53.1 Å². The van der Waals surface area contributed by atoms with Crippen molar-refractivity contribution in [3.05, 3.63) is 65.6 Å². The van der Waals surface area contributed by atoms with Gasteiger partial charge in [-0.15, -0.1) is 0 Å². The SMILES string of the molecule is CCc1cnc2c(F)c(CN3CCN(c4cc5ccnc(NC)c5nc4F)CC3)ccc2c1. The van der Waals surface area contributed by atoms with E-state index in [4.69, 9.17) is 0 Å². The molecule has 0 radical (unpaired) electrons. The van der Waals surface area contributed by atoms with Crippen LogP contribution in [0.15, 0.2) is 42.7 Å². The standard InChI is InChI=1S/C25H26F2N6/c1-3-16-12-17-4-5-19(21(26)22(17)30-14-16)15-32-8-10-33(11-9-32)20-13-18-6-7-29-25(28-2)23(18)31-24(20)27/h4-7,12-14H,3,8-11,15H2,1-2H3,(H,28,29). The summed E-state index contributed by atoms with van der Waals surface area (Å²) in [7, 11) is 1.74. The van der Waals surface area contributed by atoms with Crippen molar-refractivity contribution in [2.45, 2.75) is 19.9 Å². The largest absolute Gasteiger partial charge is 0.371 e. The fourth-order valence-corrected chi connectivity index (χ4v) is 4.43. The number of rotatable bonds is 5. The van der Waals surface area contributed by atoms with Crippen molar-refractivity contribution < 1.29 is 8.78 Å². The molecule has 0 spiro atoms. The van der Waals surface area contributed by atoms with Gasteiger partial charge >= 0.3 is 0 Å². The zero-order chi connectivity index (χ0) is 22.9. The van der Waals surface area contributed by atoms with Crippen LogP contribution in [0.5, 0.6) is 0 Å². The number of aromatic nitrogens is 3. The fourth-order valence-electron chi connectivity index (χ4n) is 4.43. The summed E-state index contributed by atoms with van der Waals surface area (Å²) in [4.78, 5) is 16.9. The van der Waals surface area contributed by atoms with Crippen molar-refractivity contribution in [2.24, 2.45) is 0 Å². The number of hydrogen-bond donors (Lipinski definition) is 1. The third kappa shape index (κ3) is 4.06. The van der Waals surface area contributed by atoms with Gasteiger partial charge in [-0.05, 0) is 30.2 Å². The third-order valence-electron chi connectivity index (χ3n) is 6.35. The minimum atomic E-state index is -0.501. The van der Waals surface area contributed by atoms with E-state index in [2.05, 4.69) is 32.1 Å². The summed E-state index contributed by atoms with van der Waals surface area (Å²) in [5, 5.41) is 4.62. The summed E-state index contributed by atoms with van der Waals surface area (Å²) in [6.45, 7) is 5.25. The van der Waals surface area contributed by atoms with Crippen molar-refractivity contribution in [3.63, 3.8) is 0 Å². The molecule has 170 valence electrons. The number of benzene rings is 1. The molecule has 0 bridgehead atoms. The number of fused-ring (bicyclic) bond motifs is 2. The van der Waals surface area contributed by atoms with Crippen molar-refractivity contribution in [1.82, 2.24) is 19.9 Å². The van der Waals surface area contributed by atoms with Gasteiger partial charge in [0.15, 0.2) is 11.6 Å². The predicted octanol–water partition coefficient (Wildman–Crippen LogP) is 4.38. The Balaban J connectivity index is 1.31. The molecular weight excluding hydrogens is 422 g/mol. The number of nitrogens with zero attached hydrogens (tertiary/aromatic N) is 5. The van der Waals surface area contributed by atoms with Crippen LogP contribution in [0.2, 0.25) is 0 Å². The van der Waals surface area contributed by atoms with Crippen molar-refractivity contribution in [1.29, 1.82) is 0 Å². The summed E-state index contributed by atoms with van der Waals surface area (Å²) in [5.41, 5.74) is 3.16. The lowest BCUT2D eigenvalue weighted by Gasteiger charge is -2.36. The monoisotopic (exact) mass is 448 g/mol. The molecule has 1 N–H and O–H groups in total. The topological polar surface area (TPSA) is 57.2 Å². The van der Waals surface area contributed by atoms with Crippen LogP contribution in [0.4, 0.5) is 20.3 Å². The van der Waals surface area contributed by atoms with Crippen LogP contribution in [0.25, 0.3) is 21.8 Å². The molecule has 1 saturated heterocycles. The lowest BCUT2D eigenvalue weighted by atomic mass is 10.1. The fraction of sp³-hybridized carbons (Fsp3) is 0.320. The second kappa shape index (κ2) is 8.86. The summed E-state index contributed by atoms with van der Waals surface area (Å²) >= 11 is 0. The number of aryl methyl sites for hydroxylation is 1. The van der Waals surface area contributed by atoms with Gasteiger partial charge in [-0.2, -0.15) is 4.39 Å². The zero-order valence-corrected chi connectivity index (χ0v) is 18.8. The smallest absolute Gasteiger partial charge is 0.237 e. The molecule has 5 rings (SSSR count). The first-order valence-electron chi connectivity index (χ1n) is 11.2. The number of piperazine rings is 1. The molecule has 0 amide bonds. The first-order valence-corrected chi connectivity index (χ1v) is 11.2. The van der Waals surface area contributed by atoms with E-state index in [1.807, 2.05) is 35.2 Å². The summed E-state index contributed by atoms with van der Waals surface area (Å²) in [6, 6.07) is 9.46. The maximum atomic E-state index is 15.1. The average Bonchev–Trinajstić information content (AvgIpc) is 2.85. The van der Waals surface area contributed by atoms with Gasteiger partial charge in [0.05, 0.1) is 5.69 Å². The highest BCUT2D eigenvalue weighted by Gasteiger charge is 2.22. The zero-order valence-electron chi connectivity index (χ0n) is 18.8. The molecule has 0 saturated carbocycles. The first-order chi connectivity index (χ1) is 16.1. The highest BCUT2D eigenvalue weighted by molar-refractivity contribution is 5.90. The maximum Gasteiger partial charge on any atom is 0.237 e. The normalized spacial score (nSPS) is 14.8. The van der Waals surface area contributed by atoms with Gasteiger partial charge in [-0.3, -0.25) is 9.88 Å². The van der Waals surface area contributed by atoms with Crippen LogP contribution < -0.4 is 10.2 Å². The number of pyridine rings is 3. The number of hydrogen-bond acceptors (Lipinski definition) is 6. The molecule has 3 aromatic heterocycles. The molecule has 0 aliphatic carbocycles. The van der Waals surface area contributed by atoms with Crippen LogP contribution in [0.3, 0.4) is 0 Å². The molecule has 4 aromatic rings. The van der Waals surface area contributed by atoms with Gasteiger partial charge in [0.1, 0.15) is 11.0 Å². The van der Waals surface area contributed by atoms with E-state index in [1.165, 1.54) is 0 Å². The predicted molar refractivity (Wildman–Crippen MR) is 128 cm³/mol. The van der Waals surface area contributed by atoms with E-state index in [9.17, 15) is 4.39 Å². The number of nitrogens with one attached hydrogen (secondary N) is 1. The van der Waals surface area contributed by atoms with Gasteiger partial charge in [-0.1, -0.05) is 19.1 Å².